The standard InChI is InChI=1S/C13H16N4O4.ClH/c18-12-2-1-11(17(20)21)7-16(12)8-13(19)15-5-9-3-14-4-10(9)6-15;/h1-2,7,9-10,14H,3-6,8H2;1H/t9-,10+;. The monoisotopic (exact) mass is 328 g/mol. The number of aromatic nitrogens is 1. The number of pyridine rings is 1. The minimum absolute atomic E-state index is 0. The number of likely N-dealkylation sites (tertiary alicyclic amines) is 1. The Morgan fingerprint density at radius 3 is 2.55 bits per heavy atom. The maximum atomic E-state index is 12.3. The molecule has 2 saturated heterocycles. The molecule has 0 spiro atoms. The van der Waals surface area contributed by atoms with Crippen LogP contribution in [0.4, 0.5) is 5.69 Å². The van der Waals surface area contributed by atoms with Gasteiger partial charge in [-0.25, -0.2) is 0 Å². The Morgan fingerprint density at radius 2 is 1.95 bits per heavy atom. The summed E-state index contributed by atoms with van der Waals surface area (Å²) >= 11 is 0. The molecule has 1 aromatic rings. The molecule has 3 rings (SSSR count). The zero-order chi connectivity index (χ0) is 15.0. The molecule has 0 aliphatic carbocycles. The second-order valence-electron chi connectivity index (χ2n) is 5.59. The molecule has 0 bridgehead atoms. The van der Waals surface area contributed by atoms with E-state index in [1.807, 2.05) is 0 Å². The molecule has 1 N–H and O–H groups in total. The summed E-state index contributed by atoms with van der Waals surface area (Å²) in [6.07, 6.45) is 1.12. The fourth-order valence-electron chi connectivity index (χ4n) is 3.06. The first-order chi connectivity index (χ1) is 10.0. The molecule has 22 heavy (non-hydrogen) atoms. The average Bonchev–Trinajstić information content (AvgIpc) is 3.01. The number of halogens is 1. The number of hydrogen-bond donors (Lipinski definition) is 1. The lowest BCUT2D eigenvalue weighted by Crippen LogP contribution is -2.36. The number of carbonyl (C=O) groups is 1. The van der Waals surface area contributed by atoms with Crippen LogP contribution in [-0.2, 0) is 11.3 Å². The van der Waals surface area contributed by atoms with Gasteiger partial charge in [-0.2, -0.15) is 0 Å². The molecule has 9 heteroatoms. The normalized spacial score (nSPS) is 23.0. The lowest BCUT2D eigenvalue weighted by Gasteiger charge is -2.18. The highest BCUT2D eigenvalue weighted by Crippen LogP contribution is 2.26. The average molecular weight is 329 g/mol. The van der Waals surface area contributed by atoms with Gasteiger partial charge in [-0.1, -0.05) is 0 Å². The zero-order valence-corrected chi connectivity index (χ0v) is 12.6. The molecule has 2 aliphatic rings. The van der Waals surface area contributed by atoms with Crippen molar-refractivity contribution in [2.24, 2.45) is 11.8 Å². The number of amides is 1. The van der Waals surface area contributed by atoms with E-state index in [-0.39, 0.29) is 30.5 Å². The maximum Gasteiger partial charge on any atom is 0.285 e. The van der Waals surface area contributed by atoms with Crippen molar-refractivity contribution in [1.82, 2.24) is 14.8 Å². The van der Waals surface area contributed by atoms with Gasteiger partial charge in [-0.15, -0.1) is 12.4 Å². The number of nitrogens with one attached hydrogen (secondary N) is 1. The van der Waals surface area contributed by atoms with E-state index in [4.69, 9.17) is 0 Å². The van der Waals surface area contributed by atoms with Crippen molar-refractivity contribution < 1.29 is 9.72 Å². The van der Waals surface area contributed by atoms with E-state index in [9.17, 15) is 19.7 Å². The summed E-state index contributed by atoms with van der Waals surface area (Å²) in [6.45, 7) is 3.09. The molecule has 3 heterocycles. The Kier molecular flexibility index (Phi) is 4.82. The van der Waals surface area contributed by atoms with E-state index in [1.54, 1.807) is 4.90 Å². The van der Waals surface area contributed by atoms with Crippen LogP contribution in [0.25, 0.3) is 0 Å². The molecule has 2 atom stereocenters. The summed E-state index contributed by atoms with van der Waals surface area (Å²) in [6, 6.07) is 2.27. The summed E-state index contributed by atoms with van der Waals surface area (Å²) in [5.74, 6) is 0.804. The first kappa shape index (κ1) is 16.4. The van der Waals surface area contributed by atoms with Crippen molar-refractivity contribution in [2.75, 3.05) is 26.2 Å². The van der Waals surface area contributed by atoms with Crippen LogP contribution in [0, 0.1) is 22.0 Å². The van der Waals surface area contributed by atoms with Crippen molar-refractivity contribution >= 4 is 24.0 Å². The summed E-state index contributed by atoms with van der Waals surface area (Å²) < 4.78 is 1.10. The predicted octanol–water partition coefficient (Wildman–Crippen LogP) is -0.144. The smallest absolute Gasteiger partial charge is 0.285 e. The van der Waals surface area contributed by atoms with Gasteiger partial charge >= 0.3 is 0 Å². The zero-order valence-electron chi connectivity index (χ0n) is 11.8. The molecule has 1 amide bonds. The summed E-state index contributed by atoms with van der Waals surface area (Å²) in [7, 11) is 0. The summed E-state index contributed by atoms with van der Waals surface area (Å²) in [5.41, 5.74) is -0.597. The Balaban J connectivity index is 0.00000176. The van der Waals surface area contributed by atoms with Crippen molar-refractivity contribution in [3.05, 3.63) is 38.8 Å². The Hall–Kier alpha value is -1.93. The second kappa shape index (κ2) is 6.45. The lowest BCUT2D eigenvalue weighted by molar-refractivity contribution is -0.385. The maximum absolute atomic E-state index is 12.3. The molecule has 0 aromatic carbocycles. The molecule has 8 nitrogen and oxygen atoms in total. The van der Waals surface area contributed by atoms with Crippen molar-refractivity contribution in [2.45, 2.75) is 6.54 Å². The van der Waals surface area contributed by atoms with Crippen LogP contribution in [0.5, 0.6) is 0 Å². The third-order valence-corrected chi connectivity index (χ3v) is 4.23. The van der Waals surface area contributed by atoms with Crippen LogP contribution in [-0.4, -0.2) is 46.5 Å². The largest absolute Gasteiger partial charge is 0.340 e. The van der Waals surface area contributed by atoms with E-state index in [1.165, 1.54) is 0 Å². The van der Waals surface area contributed by atoms with Crippen LogP contribution in [0.1, 0.15) is 0 Å². The number of nitro groups is 1. The van der Waals surface area contributed by atoms with E-state index in [0.29, 0.717) is 24.9 Å². The van der Waals surface area contributed by atoms with Gasteiger partial charge in [0.1, 0.15) is 6.54 Å². The Bertz CT molecular complexity index is 635. The highest BCUT2D eigenvalue weighted by molar-refractivity contribution is 5.85. The van der Waals surface area contributed by atoms with Gasteiger partial charge in [-0.3, -0.25) is 24.3 Å². The molecule has 120 valence electrons. The second-order valence-corrected chi connectivity index (χ2v) is 5.59. The minimum atomic E-state index is -0.577. The van der Waals surface area contributed by atoms with Gasteiger partial charge in [-0.05, 0) is 11.8 Å². The number of carbonyl (C=O) groups excluding carboxylic acids is 1. The van der Waals surface area contributed by atoms with Gasteiger partial charge < -0.3 is 10.2 Å². The number of hydrogen-bond acceptors (Lipinski definition) is 5. The van der Waals surface area contributed by atoms with Gasteiger partial charge in [0.25, 0.3) is 11.2 Å². The van der Waals surface area contributed by atoms with Crippen LogP contribution in [0.15, 0.2) is 23.1 Å². The van der Waals surface area contributed by atoms with Crippen LogP contribution >= 0.6 is 12.4 Å². The number of nitrogens with zero attached hydrogens (tertiary/aromatic N) is 3. The van der Waals surface area contributed by atoms with Crippen LogP contribution in [0.3, 0.4) is 0 Å². The molecule has 2 fully saturated rings. The third-order valence-electron chi connectivity index (χ3n) is 4.23. The molecule has 0 unspecified atom stereocenters. The predicted molar refractivity (Wildman–Crippen MR) is 81.0 cm³/mol. The van der Waals surface area contributed by atoms with Crippen molar-refractivity contribution in [3.8, 4) is 0 Å². The quantitative estimate of drug-likeness (QED) is 0.615. The highest BCUT2D eigenvalue weighted by Gasteiger charge is 2.37. The van der Waals surface area contributed by atoms with E-state index < -0.39 is 10.5 Å². The summed E-state index contributed by atoms with van der Waals surface area (Å²) in [4.78, 5) is 35.9. The lowest BCUT2D eigenvalue weighted by atomic mass is 10.0. The highest BCUT2D eigenvalue weighted by atomic mass is 35.5. The van der Waals surface area contributed by atoms with Crippen LogP contribution in [0.2, 0.25) is 0 Å². The Morgan fingerprint density at radius 1 is 1.32 bits per heavy atom. The molecule has 0 radical (unpaired) electrons. The SMILES string of the molecule is Cl.O=C(Cn1cc([N+](=O)[O-])ccc1=O)N1C[C@H]2CNC[C@H]2C1. The summed E-state index contributed by atoms with van der Waals surface area (Å²) in [5, 5.41) is 14.0. The van der Waals surface area contributed by atoms with Gasteiger partial charge in [0, 0.05) is 38.3 Å². The molecular formula is C13H17ClN4O4. The molecule has 1 aromatic heterocycles. The minimum Gasteiger partial charge on any atom is -0.340 e. The molecule has 0 saturated carbocycles. The van der Waals surface area contributed by atoms with Crippen molar-refractivity contribution in [3.63, 3.8) is 0 Å². The van der Waals surface area contributed by atoms with E-state index >= 15 is 0 Å². The van der Waals surface area contributed by atoms with E-state index in [2.05, 4.69) is 5.32 Å². The fourth-order valence-corrected chi connectivity index (χ4v) is 3.06. The van der Waals surface area contributed by atoms with Crippen molar-refractivity contribution in [1.29, 1.82) is 0 Å². The number of fused-ring (bicyclic) bond motifs is 1. The topological polar surface area (TPSA) is 97.5 Å². The fraction of sp³-hybridized carbons (Fsp3) is 0.538. The van der Waals surface area contributed by atoms with Gasteiger partial charge in [0.05, 0.1) is 11.1 Å². The first-order valence-electron chi connectivity index (χ1n) is 6.88. The number of rotatable bonds is 3. The van der Waals surface area contributed by atoms with Gasteiger partial charge in [0.15, 0.2) is 0 Å². The van der Waals surface area contributed by atoms with Crippen LogP contribution < -0.4 is 10.9 Å². The molecule has 2 aliphatic heterocycles. The molecular weight excluding hydrogens is 312 g/mol. The van der Waals surface area contributed by atoms with E-state index in [0.717, 1.165) is 36.0 Å². The Labute approximate surface area is 132 Å². The third kappa shape index (κ3) is 3.12. The van der Waals surface area contributed by atoms with Gasteiger partial charge in [0.2, 0.25) is 5.91 Å². The first-order valence-corrected chi connectivity index (χ1v) is 6.88.